The van der Waals surface area contributed by atoms with E-state index in [0.29, 0.717) is 0 Å². The van der Waals surface area contributed by atoms with Gasteiger partial charge in [0.1, 0.15) is 0 Å². The largest absolute Gasteiger partial charge is 0.389 e. The second-order valence-corrected chi connectivity index (χ2v) is 6.28. The molecule has 0 aliphatic carbocycles. The number of hydrogen-bond acceptors (Lipinski definition) is 4. The van der Waals surface area contributed by atoms with Crippen LogP contribution in [0.4, 0.5) is 0 Å². The van der Waals surface area contributed by atoms with Crippen LogP contribution in [0.15, 0.2) is 46.9 Å². The molecule has 98 valence electrons. The van der Waals surface area contributed by atoms with Gasteiger partial charge < -0.3 is 5.11 Å². The van der Waals surface area contributed by atoms with Crippen molar-refractivity contribution in [3.63, 3.8) is 0 Å². The summed E-state index contributed by atoms with van der Waals surface area (Å²) < 4.78 is 2.05. The lowest BCUT2D eigenvalue weighted by atomic mass is 10.1. The molecule has 1 atom stereocenters. The molecule has 3 nitrogen and oxygen atoms in total. The highest BCUT2D eigenvalue weighted by Gasteiger charge is 2.05. The van der Waals surface area contributed by atoms with Crippen LogP contribution in [0, 0.1) is 0 Å². The molecule has 0 saturated heterocycles. The minimum atomic E-state index is -0.418. The number of imidazole rings is 1. The van der Waals surface area contributed by atoms with E-state index in [9.17, 15) is 5.11 Å². The van der Waals surface area contributed by atoms with Crippen molar-refractivity contribution >= 4 is 28.1 Å². The molecular formula is C14H14N2OS2. The Morgan fingerprint density at radius 2 is 2.37 bits per heavy atom. The second kappa shape index (κ2) is 5.36. The van der Waals surface area contributed by atoms with Crippen LogP contribution in [0.3, 0.4) is 0 Å². The lowest BCUT2D eigenvalue weighted by molar-refractivity contribution is 0.199. The first-order valence-corrected chi connectivity index (χ1v) is 7.91. The van der Waals surface area contributed by atoms with Gasteiger partial charge in [-0.2, -0.15) is 0 Å². The van der Waals surface area contributed by atoms with Crippen molar-refractivity contribution in [2.45, 2.75) is 23.7 Å². The van der Waals surface area contributed by atoms with Gasteiger partial charge in [0.25, 0.3) is 0 Å². The molecule has 0 spiro atoms. The van der Waals surface area contributed by atoms with Gasteiger partial charge in [0.15, 0.2) is 4.96 Å². The van der Waals surface area contributed by atoms with Crippen molar-refractivity contribution in [1.29, 1.82) is 0 Å². The monoisotopic (exact) mass is 290 g/mol. The fraction of sp³-hybridized carbons (Fsp3) is 0.214. The molecule has 0 aliphatic heterocycles. The van der Waals surface area contributed by atoms with Gasteiger partial charge in [-0.05, 0) is 24.6 Å². The summed E-state index contributed by atoms with van der Waals surface area (Å²) in [5, 5.41) is 11.6. The molecule has 5 heteroatoms. The molecule has 0 saturated carbocycles. The lowest BCUT2D eigenvalue weighted by Crippen LogP contribution is -1.90. The maximum absolute atomic E-state index is 9.58. The number of hydrogen-bond donors (Lipinski definition) is 1. The standard InChI is InChI=1S/C14H14N2OS2/c1-10(17)11-3-2-4-13(7-11)19-9-12-8-16-5-6-18-14(16)15-12/h2-8,10,17H,9H2,1H3. The minimum Gasteiger partial charge on any atom is -0.389 e. The molecule has 0 amide bonds. The first-order chi connectivity index (χ1) is 9.22. The van der Waals surface area contributed by atoms with Crippen LogP contribution in [0.5, 0.6) is 0 Å². The van der Waals surface area contributed by atoms with Gasteiger partial charge in [-0.1, -0.05) is 12.1 Å². The van der Waals surface area contributed by atoms with Crippen molar-refractivity contribution in [2.24, 2.45) is 0 Å². The Labute approximate surface area is 119 Å². The van der Waals surface area contributed by atoms with Crippen LogP contribution in [0.25, 0.3) is 4.96 Å². The summed E-state index contributed by atoms with van der Waals surface area (Å²) in [4.78, 5) is 6.75. The van der Waals surface area contributed by atoms with E-state index in [0.717, 1.165) is 26.9 Å². The predicted molar refractivity (Wildman–Crippen MR) is 79.7 cm³/mol. The number of thiazole rings is 1. The second-order valence-electron chi connectivity index (χ2n) is 4.36. The number of aliphatic hydroxyl groups is 1. The molecule has 0 fully saturated rings. The Bertz CT molecular complexity index is 659. The van der Waals surface area contributed by atoms with Crippen LogP contribution in [-0.4, -0.2) is 14.5 Å². The Hall–Kier alpha value is -1.30. The van der Waals surface area contributed by atoms with Gasteiger partial charge >= 0.3 is 0 Å². The summed E-state index contributed by atoms with van der Waals surface area (Å²) in [6.07, 6.45) is 3.67. The summed E-state index contributed by atoms with van der Waals surface area (Å²) in [6.45, 7) is 1.78. The number of fused-ring (bicyclic) bond motifs is 1. The minimum absolute atomic E-state index is 0.418. The van der Waals surface area contributed by atoms with E-state index in [-0.39, 0.29) is 0 Å². The van der Waals surface area contributed by atoms with Crippen molar-refractivity contribution in [3.8, 4) is 0 Å². The molecule has 1 unspecified atom stereocenters. The van der Waals surface area contributed by atoms with Crippen molar-refractivity contribution in [3.05, 3.63) is 53.3 Å². The topological polar surface area (TPSA) is 37.5 Å². The number of benzene rings is 1. The van der Waals surface area contributed by atoms with Crippen molar-refractivity contribution in [1.82, 2.24) is 9.38 Å². The highest BCUT2D eigenvalue weighted by Crippen LogP contribution is 2.25. The summed E-state index contributed by atoms with van der Waals surface area (Å²) in [5.74, 6) is 0.845. The molecule has 0 radical (unpaired) electrons. The molecule has 1 N–H and O–H groups in total. The van der Waals surface area contributed by atoms with Gasteiger partial charge in [0.2, 0.25) is 0 Å². The summed E-state index contributed by atoms with van der Waals surface area (Å²) in [7, 11) is 0. The Morgan fingerprint density at radius 3 is 3.16 bits per heavy atom. The maximum atomic E-state index is 9.58. The number of aliphatic hydroxyl groups excluding tert-OH is 1. The number of nitrogens with zero attached hydrogens (tertiary/aromatic N) is 2. The third kappa shape index (κ3) is 2.83. The highest BCUT2D eigenvalue weighted by molar-refractivity contribution is 7.98. The van der Waals surface area contributed by atoms with Crippen LogP contribution in [0.2, 0.25) is 0 Å². The zero-order valence-corrected chi connectivity index (χ0v) is 12.1. The van der Waals surface area contributed by atoms with Crippen molar-refractivity contribution in [2.75, 3.05) is 0 Å². The Morgan fingerprint density at radius 1 is 1.47 bits per heavy atom. The SMILES string of the molecule is CC(O)c1cccc(SCc2cn3ccsc3n2)c1. The first-order valence-electron chi connectivity index (χ1n) is 6.04. The molecule has 2 heterocycles. The number of aromatic nitrogens is 2. The zero-order valence-electron chi connectivity index (χ0n) is 10.5. The molecular weight excluding hydrogens is 276 g/mol. The van der Waals surface area contributed by atoms with Gasteiger partial charge in [-0.25, -0.2) is 4.98 Å². The van der Waals surface area contributed by atoms with Crippen LogP contribution in [0.1, 0.15) is 24.3 Å². The third-order valence-corrected chi connectivity index (χ3v) is 4.67. The maximum Gasteiger partial charge on any atom is 0.193 e. The van der Waals surface area contributed by atoms with E-state index in [4.69, 9.17) is 0 Å². The normalized spacial score (nSPS) is 12.9. The van der Waals surface area contributed by atoms with E-state index >= 15 is 0 Å². The van der Waals surface area contributed by atoms with Gasteiger partial charge in [-0.3, -0.25) is 4.40 Å². The van der Waals surface area contributed by atoms with Gasteiger partial charge in [0, 0.05) is 28.4 Å². The average molecular weight is 290 g/mol. The first kappa shape index (κ1) is 12.7. The van der Waals surface area contributed by atoms with Gasteiger partial charge in [-0.15, -0.1) is 23.1 Å². The third-order valence-electron chi connectivity index (χ3n) is 2.87. The van der Waals surface area contributed by atoms with Crippen molar-refractivity contribution < 1.29 is 5.11 Å². The lowest BCUT2D eigenvalue weighted by Gasteiger charge is -2.06. The quantitative estimate of drug-likeness (QED) is 0.744. The fourth-order valence-corrected chi connectivity index (χ4v) is 3.43. The van der Waals surface area contributed by atoms with Crippen LogP contribution in [-0.2, 0) is 5.75 Å². The summed E-state index contributed by atoms with van der Waals surface area (Å²) in [6, 6.07) is 8.03. The Balaban J connectivity index is 1.71. The summed E-state index contributed by atoms with van der Waals surface area (Å²) >= 11 is 3.39. The van der Waals surface area contributed by atoms with Gasteiger partial charge in [0.05, 0.1) is 11.8 Å². The summed E-state index contributed by atoms with van der Waals surface area (Å²) in [5.41, 5.74) is 2.04. The highest BCUT2D eigenvalue weighted by atomic mass is 32.2. The smallest absolute Gasteiger partial charge is 0.193 e. The zero-order chi connectivity index (χ0) is 13.2. The molecule has 2 aromatic heterocycles. The average Bonchev–Trinajstić information content (AvgIpc) is 2.97. The molecule has 3 aromatic rings. The molecule has 0 aliphatic rings. The van der Waals surface area contributed by atoms with E-state index in [2.05, 4.69) is 17.2 Å². The number of rotatable bonds is 4. The molecule has 19 heavy (non-hydrogen) atoms. The van der Waals surface area contributed by atoms with E-state index in [1.54, 1.807) is 30.0 Å². The number of thioether (sulfide) groups is 1. The van der Waals surface area contributed by atoms with Crippen LogP contribution >= 0.6 is 23.1 Å². The van der Waals surface area contributed by atoms with E-state index in [1.165, 1.54) is 0 Å². The fourth-order valence-electron chi connectivity index (χ4n) is 1.87. The molecule has 3 rings (SSSR count). The predicted octanol–water partition coefficient (Wildman–Crippen LogP) is 3.74. The molecule has 0 bridgehead atoms. The Kier molecular flexibility index (Phi) is 3.59. The molecule has 1 aromatic carbocycles. The van der Waals surface area contributed by atoms with E-state index in [1.807, 2.05) is 34.2 Å². The van der Waals surface area contributed by atoms with Crippen LogP contribution < -0.4 is 0 Å². The van der Waals surface area contributed by atoms with E-state index < -0.39 is 6.10 Å².